The summed E-state index contributed by atoms with van der Waals surface area (Å²) in [5.41, 5.74) is 0.419. The molecule has 2 rings (SSSR count). The van der Waals surface area contributed by atoms with Crippen molar-refractivity contribution in [2.24, 2.45) is 0 Å². The Balaban J connectivity index is 1.88. The number of nitrogens with zero attached hydrogens (tertiary/aromatic N) is 1. The van der Waals surface area contributed by atoms with Crippen LogP contribution < -0.4 is 5.32 Å². The summed E-state index contributed by atoms with van der Waals surface area (Å²) in [7, 11) is 0. The second-order valence-electron chi connectivity index (χ2n) is 5.64. The van der Waals surface area contributed by atoms with E-state index in [4.69, 9.17) is 9.15 Å². The van der Waals surface area contributed by atoms with E-state index in [1.165, 1.54) is 25.3 Å². The van der Waals surface area contributed by atoms with Crippen molar-refractivity contribution in [2.75, 3.05) is 19.7 Å². The first-order chi connectivity index (χ1) is 11.1. The fraction of sp³-hybridized carbons (Fsp3) is 0.529. The Labute approximate surface area is 136 Å². The van der Waals surface area contributed by atoms with Crippen LogP contribution in [0.2, 0.25) is 0 Å². The van der Waals surface area contributed by atoms with Gasteiger partial charge in [0, 0.05) is 11.8 Å². The van der Waals surface area contributed by atoms with Gasteiger partial charge in [-0.1, -0.05) is 6.42 Å². The van der Waals surface area contributed by atoms with Gasteiger partial charge in [0.2, 0.25) is 0 Å². The van der Waals surface area contributed by atoms with Crippen LogP contribution in [0.3, 0.4) is 0 Å². The molecule has 1 amide bonds. The molecule has 0 radical (unpaired) electrons. The van der Waals surface area contributed by atoms with Crippen LogP contribution in [-0.2, 0) is 16.1 Å². The molecule has 1 aromatic heterocycles. The molecule has 0 atom stereocenters. The van der Waals surface area contributed by atoms with Gasteiger partial charge in [0.25, 0.3) is 5.91 Å². The molecule has 0 aliphatic carbocycles. The first-order valence-electron chi connectivity index (χ1n) is 8.06. The number of esters is 1. The fourth-order valence-corrected chi connectivity index (χ4v) is 2.56. The standard InChI is InChI=1S/C17H24N2O4/c1-3-22-16(20)11-13(2)18-17(21)15-8-7-14(23-15)12-19-9-5-4-6-10-19/h7-8,11H,3-6,9-10,12H2,1-2H3,(H,18,21)/b13-11+. The number of hydrogen-bond acceptors (Lipinski definition) is 5. The minimum atomic E-state index is -0.476. The topological polar surface area (TPSA) is 71.8 Å². The van der Waals surface area contributed by atoms with Gasteiger partial charge >= 0.3 is 5.97 Å². The van der Waals surface area contributed by atoms with E-state index in [1.54, 1.807) is 19.9 Å². The molecule has 1 saturated heterocycles. The van der Waals surface area contributed by atoms with Gasteiger partial charge in [0.15, 0.2) is 5.76 Å². The zero-order valence-corrected chi connectivity index (χ0v) is 13.8. The highest BCUT2D eigenvalue weighted by Crippen LogP contribution is 2.15. The zero-order valence-electron chi connectivity index (χ0n) is 13.8. The molecule has 0 unspecified atom stereocenters. The largest absolute Gasteiger partial charge is 0.463 e. The molecule has 126 valence electrons. The van der Waals surface area contributed by atoms with Crippen molar-refractivity contribution in [3.8, 4) is 0 Å². The van der Waals surface area contributed by atoms with Crippen LogP contribution >= 0.6 is 0 Å². The molecule has 1 fully saturated rings. The molecule has 1 aliphatic rings. The number of carbonyl (C=O) groups is 2. The van der Waals surface area contributed by atoms with Crippen LogP contribution in [0, 0.1) is 0 Å². The Hall–Kier alpha value is -2.08. The van der Waals surface area contributed by atoms with Gasteiger partial charge in [0.05, 0.1) is 13.2 Å². The second-order valence-corrected chi connectivity index (χ2v) is 5.64. The Morgan fingerprint density at radius 2 is 2.04 bits per heavy atom. The number of hydrogen-bond donors (Lipinski definition) is 1. The minimum Gasteiger partial charge on any atom is -0.463 e. The highest BCUT2D eigenvalue weighted by atomic mass is 16.5. The van der Waals surface area contributed by atoms with Crippen LogP contribution in [0.25, 0.3) is 0 Å². The Morgan fingerprint density at radius 3 is 2.74 bits per heavy atom. The Bertz CT molecular complexity index is 571. The number of nitrogens with one attached hydrogen (secondary N) is 1. The summed E-state index contributed by atoms with van der Waals surface area (Å²) in [6.07, 6.45) is 4.96. The summed E-state index contributed by atoms with van der Waals surface area (Å²) < 4.78 is 10.4. The van der Waals surface area contributed by atoms with Crippen LogP contribution in [0.1, 0.15) is 49.4 Å². The second kappa shape index (κ2) is 8.53. The number of rotatable bonds is 6. The Morgan fingerprint density at radius 1 is 1.30 bits per heavy atom. The van der Waals surface area contributed by atoms with Crippen LogP contribution in [0.4, 0.5) is 0 Å². The van der Waals surface area contributed by atoms with E-state index in [0.29, 0.717) is 12.3 Å². The normalized spacial score (nSPS) is 16.2. The van der Waals surface area contributed by atoms with E-state index in [9.17, 15) is 9.59 Å². The monoisotopic (exact) mass is 320 g/mol. The maximum absolute atomic E-state index is 12.1. The summed E-state index contributed by atoms with van der Waals surface area (Å²) in [5, 5.41) is 2.62. The van der Waals surface area contributed by atoms with Crippen LogP contribution in [0.15, 0.2) is 28.3 Å². The lowest BCUT2D eigenvalue weighted by atomic mass is 10.1. The quantitative estimate of drug-likeness (QED) is 0.644. The molecule has 23 heavy (non-hydrogen) atoms. The molecule has 6 nitrogen and oxygen atoms in total. The van der Waals surface area contributed by atoms with Gasteiger partial charge in [-0.15, -0.1) is 0 Å². The van der Waals surface area contributed by atoms with Crippen molar-refractivity contribution in [1.29, 1.82) is 0 Å². The first kappa shape index (κ1) is 17.3. The Kier molecular flexibility index (Phi) is 6.40. The number of furan rings is 1. The molecule has 2 heterocycles. The predicted octanol–water partition coefficient (Wildman–Crippen LogP) is 2.46. The third kappa shape index (κ3) is 5.56. The number of likely N-dealkylation sites (tertiary alicyclic amines) is 1. The van der Waals surface area contributed by atoms with Gasteiger partial charge in [-0.25, -0.2) is 4.79 Å². The number of piperidine rings is 1. The van der Waals surface area contributed by atoms with Crippen molar-refractivity contribution in [2.45, 2.75) is 39.7 Å². The smallest absolute Gasteiger partial charge is 0.332 e. The molecule has 6 heteroatoms. The molecule has 1 aliphatic heterocycles. The number of carbonyl (C=O) groups excluding carboxylic acids is 2. The summed E-state index contributed by atoms with van der Waals surface area (Å²) in [6.45, 7) is 6.53. The third-order valence-corrected chi connectivity index (χ3v) is 3.65. The summed E-state index contributed by atoms with van der Waals surface area (Å²) in [4.78, 5) is 25.7. The SMILES string of the molecule is CCOC(=O)/C=C(\C)NC(=O)c1ccc(CN2CCCCC2)o1. The van der Waals surface area contributed by atoms with Crippen molar-refractivity contribution < 1.29 is 18.7 Å². The average Bonchev–Trinajstić information content (AvgIpc) is 2.97. The van der Waals surface area contributed by atoms with E-state index in [2.05, 4.69) is 10.2 Å². The van der Waals surface area contributed by atoms with E-state index in [-0.39, 0.29) is 11.7 Å². The van der Waals surface area contributed by atoms with Gasteiger partial charge in [0.1, 0.15) is 5.76 Å². The molecule has 0 aromatic carbocycles. The lowest BCUT2D eigenvalue weighted by Gasteiger charge is -2.25. The van der Waals surface area contributed by atoms with Crippen molar-refractivity contribution in [1.82, 2.24) is 10.2 Å². The maximum Gasteiger partial charge on any atom is 0.332 e. The molecule has 0 bridgehead atoms. The minimum absolute atomic E-state index is 0.244. The highest BCUT2D eigenvalue weighted by Gasteiger charge is 2.15. The van der Waals surface area contributed by atoms with E-state index < -0.39 is 5.97 Å². The van der Waals surface area contributed by atoms with E-state index >= 15 is 0 Å². The molecule has 1 aromatic rings. The highest BCUT2D eigenvalue weighted by molar-refractivity contribution is 5.93. The molecule has 0 saturated carbocycles. The predicted molar refractivity (Wildman–Crippen MR) is 85.7 cm³/mol. The first-order valence-corrected chi connectivity index (χ1v) is 8.06. The van der Waals surface area contributed by atoms with Gasteiger partial charge < -0.3 is 14.5 Å². The van der Waals surface area contributed by atoms with Crippen LogP contribution in [0.5, 0.6) is 0 Å². The van der Waals surface area contributed by atoms with Crippen molar-refractivity contribution >= 4 is 11.9 Å². The van der Waals surface area contributed by atoms with E-state index in [0.717, 1.165) is 25.4 Å². The zero-order chi connectivity index (χ0) is 16.7. The number of allylic oxidation sites excluding steroid dienone is 1. The molecular formula is C17H24N2O4. The number of amides is 1. The number of ether oxygens (including phenoxy) is 1. The summed E-state index contributed by atoms with van der Waals surface area (Å²) in [6, 6.07) is 3.49. The average molecular weight is 320 g/mol. The van der Waals surface area contributed by atoms with Crippen molar-refractivity contribution in [3.63, 3.8) is 0 Å². The lowest BCUT2D eigenvalue weighted by molar-refractivity contribution is -0.137. The summed E-state index contributed by atoms with van der Waals surface area (Å²) in [5.74, 6) is 0.182. The van der Waals surface area contributed by atoms with Gasteiger partial charge in [-0.2, -0.15) is 0 Å². The molecular weight excluding hydrogens is 296 g/mol. The third-order valence-electron chi connectivity index (χ3n) is 3.65. The van der Waals surface area contributed by atoms with E-state index in [1.807, 2.05) is 6.07 Å². The van der Waals surface area contributed by atoms with Crippen molar-refractivity contribution in [3.05, 3.63) is 35.4 Å². The lowest BCUT2D eigenvalue weighted by Crippen LogP contribution is -2.28. The maximum atomic E-state index is 12.1. The van der Waals surface area contributed by atoms with Gasteiger partial charge in [-0.05, 0) is 51.9 Å². The molecule has 0 spiro atoms. The van der Waals surface area contributed by atoms with Crippen LogP contribution in [-0.4, -0.2) is 36.5 Å². The summed E-state index contributed by atoms with van der Waals surface area (Å²) >= 11 is 0. The molecule has 1 N–H and O–H groups in total. The fourth-order valence-electron chi connectivity index (χ4n) is 2.56. The van der Waals surface area contributed by atoms with Gasteiger partial charge in [-0.3, -0.25) is 9.69 Å².